The maximum absolute atomic E-state index is 15.0. The molecule has 2 aliphatic rings. The van der Waals surface area contributed by atoms with Crippen LogP contribution < -0.4 is 10.9 Å². The maximum Gasteiger partial charge on any atom is 0.256 e. The minimum atomic E-state index is -1.67. The van der Waals surface area contributed by atoms with Gasteiger partial charge in [-0.05, 0) is 24.1 Å². The highest BCUT2D eigenvalue weighted by atomic mass is 79.9. The van der Waals surface area contributed by atoms with Gasteiger partial charge in [0.15, 0.2) is 11.7 Å². The van der Waals surface area contributed by atoms with Gasteiger partial charge in [-0.15, -0.1) is 0 Å². The third-order valence-electron chi connectivity index (χ3n) is 6.35. The van der Waals surface area contributed by atoms with E-state index in [-0.39, 0.29) is 5.56 Å². The largest absolute Gasteiger partial charge is 0.355 e. The van der Waals surface area contributed by atoms with Crippen molar-refractivity contribution in [2.24, 2.45) is 0 Å². The fraction of sp³-hybridized carbons (Fsp3) is 0.435. The molecule has 0 bridgehead atoms. The van der Waals surface area contributed by atoms with Gasteiger partial charge in [0.1, 0.15) is 15.8 Å². The highest BCUT2D eigenvalue weighted by molar-refractivity contribution is 9.10. The summed E-state index contributed by atoms with van der Waals surface area (Å²) in [7, 11) is 1.23. The number of aryl methyl sites for hydroxylation is 1. The number of piperazine rings is 1. The number of aromatic amines is 1. The van der Waals surface area contributed by atoms with Crippen molar-refractivity contribution in [2.45, 2.75) is 30.8 Å². The summed E-state index contributed by atoms with van der Waals surface area (Å²) in [6, 6.07) is 3.68. The molecule has 11 heteroatoms. The second kappa shape index (κ2) is 9.63. The molecule has 2 N–H and O–H groups in total. The third-order valence-corrected chi connectivity index (χ3v) is 7.48. The Labute approximate surface area is 202 Å². The summed E-state index contributed by atoms with van der Waals surface area (Å²) >= 11 is 3.22. The number of amides is 1. The Kier molecular flexibility index (Phi) is 6.97. The average Bonchev–Trinajstić information content (AvgIpc) is 2.82. The van der Waals surface area contributed by atoms with Crippen LogP contribution in [0.15, 0.2) is 46.2 Å². The minimum Gasteiger partial charge on any atom is -0.355 e. The molecule has 0 radical (unpaired) electrons. The summed E-state index contributed by atoms with van der Waals surface area (Å²) in [6.45, 7) is 4.23. The Morgan fingerprint density at radius 1 is 1.24 bits per heavy atom. The lowest BCUT2D eigenvalue weighted by Crippen LogP contribution is -2.55. The number of halogens is 4. The van der Waals surface area contributed by atoms with Crippen LogP contribution in [0, 0.1) is 0 Å². The van der Waals surface area contributed by atoms with Crippen LogP contribution in [0.5, 0.6) is 0 Å². The molecule has 0 spiro atoms. The molecule has 1 aliphatic heterocycles. The first-order chi connectivity index (χ1) is 16.2. The first-order valence-electron chi connectivity index (χ1n) is 11.0. The van der Waals surface area contributed by atoms with Crippen LogP contribution >= 0.6 is 15.9 Å². The van der Waals surface area contributed by atoms with Gasteiger partial charge in [-0.2, -0.15) is 0 Å². The second-order valence-electron chi connectivity index (χ2n) is 8.44. The molecule has 1 atom stereocenters. The smallest absolute Gasteiger partial charge is 0.256 e. The van der Waals surface area contributed by atoms with E-state index >= 15 is 0 Å². The summed E-state index contributed by atoms with van der Waals surface area (Å²) in [6.07, 6.45) is 1.90. The molecule has 1 unspecified atom stereocenters. The third kappa shape index (κ3) is 4.44. The molecular weight excluding hydrogens is 515 g/mol. The Bertz CT molecular complexity index is 1250. The summed E-state index contributed by atoms with van der Waals surface area (Å²) in [5, 5.41) is 2.13. The van der Waals surface area contributed by atoms with Crippen molar-refractivity contribution in [3.63, 3.8) is 0 Å². The Hall–Kier alpha value is -2.50. The molecule has 1 amide bonds. The number of rotatable bonds is 5. The van der Waals surface area contributed by atoms with Gasteiger partial charge in [0, 0.05) is 58.0 Å². The van der Waals surface area contributed by atoms with Crippen molar-refractivity contribution in [1.29, 1.82) is 0 Å². The van der Waals surface area contributed by atoms with Crippen LogP contribution in [0.3, 0.4) is 0 Å². The predicted octanol–water partition coefficient (Wildman–Crippen LogP) is 3.22. The zero-order valence-electron chi connectivity index (χ0n) is 18.9. The highest BCUT2D eigenvalue weighted by Crippen LogP contribution is 2.47. The molecule has 34 heavy (non-hydrogen) atoms. The number of likely N-dealkylation sites (N-methyl/N-ethyl adjacent to an activating group) is 1. The lowest BCUT2D eigenvalue weighted by molar-refractivity contribution is -0.117. The number of fused-ring (bicyclic) bond motifs is 1. The number of pyridine rings is 2. The van der Waals surface area contributed by atoms with Crippen LogP contribution in [0.1, 0.15) is 24.5 Å². The van der Waals surface area contributed by atoms with Crippen molar-refractivity contribution in [3.05, 3.63) is 62.9 Å². The molecule has 2 aromatic heterocycles. The van der Waals surface area contributed by atoms with Gasteiger partial charge in [-0.3, -0.25) is 24.4 Å². The molecule has 1 fully saturated rings. The van der Waals surface area contributed by atoms with Crippen LogP contribution in [-0.2, 0) is 17.8 Å². The van der Waals surface area contributed by atoms with Crippen molar-refractivity contribution in [1.82, 2.24) is 25.1 Å². The number of H-pyrrole nitrogens is 1. The van der Waals surface area contributed by atoms with Crippen LogP contribution in [0.25, 0.3) is 11.0 Å². The lowest BCUT2D eigenvalue weighted by Gasteiger charge is -2.44. The molecule has 7 nitrogen and oxygen atoms in total. The van der Waals surface area contributed by atoms with E-state index in [0.717, 1.165) is 11.1 Å². The molecule has 3 heterocycles. The second-order valence-corrected chi connectivity index (χ2v) is 9.75. The molecule has 4 rings (SSSR count). The van der Waals surface area contributed by atoms with Crippen molar-refractivity contribution in [2.75, 3.05) is 33.2 Å². The number of carbonyl (C=O) groups excluding carboxylic acids is 1. The molecule has 1 aliphatic carbocycles. The van der Waals surface area contributed by atoms with E-state index in [9.17, 15) is 22.8 Å². The van der Waals surface area contributed by atoms with E-state index in [0.29, 0.717) is 50.2 Å². The lowest BCUT2D eigenvalue weighted by atomic mass is 9.96. The number of aromatic nitrogens is 2. The molecular formula is C23H25BrF3N5O2. The number of carbonyl (C=O) groups is 1. The zero-order chi connectivity index (χ0) is 24.6. The number of hydrogen-bond donors (Lipinski definition) is 2. The fourth-order valence-corrected chi connectivity index (χ4v) is 5.18. The van der Waals surface area contributed by atoms with Crippen molar-refractivity contribution < 1.29 is 18.0 Å². The van der Waals surface area contributed by atoms with Gasteiger partial charge in [0.25, 0.3) is 11.5 Å². The summed E-state index contributed by atoms with van der Waals surface area (Å²) < 4.78 is 42.5. The fourth-order valence-electron chi connectivity index (χ4n) is 4.40. The van der Waals surface area contributed by atoms with Crippen molar-refractivity contribution in [3.8, 4) is 0 Å². The van der Waals surface area contributed by atoms with E-state index in [1.165, 1.54) is 7.05 Å². The van der Waals surface area contributed by atoms with E-state index in [4.69, 9.17) is 0 Å². The number of hydrogen-bond acceptors (Lipinski definition) is 5. The number of nitrogens with one attached hydrogen (secondary N) is 2. The molecule has 0 saturated carbocycles. The van der Waals surface area contributed by atoms with Crippen LogP contribution in [-0.4, -0.2) is 63.3 Å². The molecule has 182 valence electrons. The number of alkyl halides is 1. The molecule has 0 aromatic carbocycles. The van der Waals surface area contributed by atoms with Gasteiger partial charge in [-0.25, -0.2) is 13.2 Å². The van der Waals surface area contributed by atoms with Crippen LogP contribution in [0.4, 0.5) is 13.2 Å². The monoisotopic (exact) mass is 539 g/mol. The van der Waals surface area contributed by atoms with Gasteiger partial charge in [0.2, 0.25) is 0 Å². The Morgan fingerprint density at radius 3 is 2.59 bits per heavy atom. The quantitative estimate of drug-likeness (QED) is 0.450. The molecule has 1 saturated heterocycles. The highest BCUT2D eigenvalue weighted by Gasteiger charge is 2.48. The summed E-state index contributed by atoms with van der Waals surface area (Å²) in [5.74, 6) is -4.68. The van der Waals surface area contributed by atoms with Gasteiger partial charge >= 0.3 is 0 Å². The van der Waals surface area contributed by atoms with E-state index in [1.54, 1.807) is 17.2 Å². The number of nitrogens with zero attached hydrogens (tertiary/aromatic N) is 3. The minimum absolute atomic E-state index is 0.124. The van der Waals surface area contributed by atoms with Crippen LogP contribution in [0.2, 0.25) is 0 Å². The zero-order valence-corrected chi connectivity index (χ0v) is 20.4. The Morgan fingerprint density at radius 2 is 1.94 bits per heavy atom. The normalized spacial score (nSPS) is 22.5. The topological polar surface area (TPSA) is 81.3 Å². The first kappa shape index (κ1) is 24.6. The summed E-state index contributed by atoms with van der Waals surface area (Å²) in [5.41, 5.74) is 1.97. The van der Waals surface area contributed by atoms with E-state index < -0.39 is 39.8 Å². The summed E-state index contributed by atoms with van der Waals surface area (Å²) in [4.78, 5) is 35.0. The van der Waals surface area contributed by atoms with E-state index in [1.807, 2.05) is 13.0 Å². The van der Waals surface area contributed by atoms with E-state index in [2.05, 4.69) is 36.1 Å². The maximum atomic E-state index is 15.0. The first-order valence-corrected chi connectivity index (χ1v) is 11.8. The predicted molar refractivity (Wildman–Crippen MR) is 126 cm³/mol. The SMILES string of the molecule is CCc1cc2ncc(CN3CCN(C4(Br)CC(F)=C(C(=O)NC)C(F)=C4F)CC3)cc2[nH]c1=O. The molecule has 2 aromatic rings. The average molecular weight is 540 g/mol. The van der Waals surface area contributed by atoms with Gasteiger partial charge in [-0.1, -0.05) is 22.9 Å². The van der Waals surface area contributed by atoms with Gasteiger partial charge < -0.3 is 10.3 Å². The van der Waals surface area contributed by atoms with Gasteiger partial charge in [0.05, 0.1) is 11.0 Å². The van der Waals surface area contributed by atoms with Crippen molar-refractivity contribution >= 4 is 32.9 Å². The Balaban J connectivity index is 1.45. The standard InChI is InChI=1S/C23H25BrF3N5O2/c1-3-14-9-16-17(30-21(14)33)8-13(11-29-16)12-31-4-6-32(7-5-31)23(24)10-15(25)18(22(34)28-2)19(26)20(23)27/h8-9,11H,3-7,10,12H2,1-2H3,(H,28,34)(H,30,33).